The van der Waals surface area contributed by atoms with Gasteiger partial charge in [-0.25, -0.2) is 8.78 Å². The Balaban J connectivity index is 1.58. The minimum atomic E-state index is -0.309. The van der Waals surface area contributed by atoms with Crippen LogP contribution in [0.5, 0.6) is 0 Å². The van der Waals surface area contributed by atoms with E-state index in [1.54, 1.807) is 18.2 Å². The first-order chi connectivity index (χ1) is 14.2. The Morgan fingerprint density at radius 3 is 2.21 bits per heavy atom. The van der Waals surface area contributed by atoms with Crippen molar-refractivity contribution in [3.8, 4) is 11.1 Å². The third-order valence-corrected chi connectivity index (χ3v) is 5.80. The molecule has 0 spiro atoms. The third-order valence-electron chi connectivity index (χ3n) is 5.80. The number of hydrogen-bond donors (Lipinski definition) is 0. The number of aryl methyl sites for hydroxylation is 1. The normalized spacial score (nSPS) is 13.1. The van der Waals surface area contributed by atoms with Gasteiger partial charge >= 0.3 is 0 Å². The van der Waals surface area contributed by atoms with Crippen molar-refractivity contribution >= 4 is 11.6 Å². The van der Waals surface area contributed by atoms with Gasteiger partial charge in [-0.15, -0.1) is 0 Å². The van der Waals surface area contributed by atoms with Crippen molar-refractivity contribution in [3.05, 3.63) is 94.6 Å². The molecular weight excluding hydrogens is 362 g/mol. The van der Waals surface area contributed by atoms with Gasteiger partial charge in [-0.3, -0.25) is 0 Å². The van der Waals surface area contributed by atoms with Gasteiger partial charge in [0.05, 0.1) is 0 Å². The van der Waals surface area contributed by atoms with Crippen molar-refractivity contribution in [1.29, 1.82) is 0 Å². The van der Waals surface area contributed by atoms with E-state index < -0.39 is 0 Å². The molecule has 4 rings (SSSR count). The maximum Gasteiger partial charge on any atom is 0.134 e. The minimum Gasteiger partial charge on any atom is -0.207 e. The monoisotopic (exact) mass is 388 g/mol. The van der Waals surface area contributed by atoms with Gasteiger partial charge in [-0.2, -0.15) is 0 Å². The molecule has 1 aliphatic carbocycles. The Hall–Kier alpha value is -2.74. The maximum atomic E-state index is 15.1. The highest BCUT2D eigenvalue weighted by atomic mass is 19.1. The minimum absolute atomic E-state index is 0.185. The molecular formula is C27H26F2. The van der Waals surface area contributed by atoms with Crippen molar-refractivity contribution in [1.82, 2.24) is 0 Å². The Morgan fingerprint density at radius 2 is 1.48 bits per heavy atom. The number of hydrogen-bond acceptors (Lipinski definition) is 0. The Morgan fingerprint density at radius 1 is 0.759 bits per heavy atom. The lowest BCUT2D eigenvalue weighted by Crippen LogP contribution is -2.04. The van der Waals surface area contributed by atoms with Crippen molar-refractivity contribution in [2.45, 2.75) is 45.4 Å². The molecule has 0 heterocycles. The zero-order valence-electron chi connectivity index (χ0n) is 16.8. The molecule has 0 aliphatic heterocycles. The van der Waals surface area contributed by atoms with Crippen LogP contribution in [-0.2, 0) is 12.8 Å². The number of halogens is 2. The summed E-state index contributed by atoms with van der Waals surface area (Å²) in [6, 6.07) is 18.6. The van der Waals surface area contributed by atoms with Crippen LogP contribution in [0.2, 0.25) is 0 Å². The van der Waals surface area contributed by atoms with Gasteiger partial charge < -0.3 is 0 Å². The fourth-order valence-electron chi connectivity index (χ4n) is 4.09. The van der Waals surface area contributed by atoms with Crippen LogP contribution in [-0.4, -0.2) is 0 Å². The van der Waals surface area contributed by atoms with Crippen LogP contribution in [0, 0.1) is 11.6 Å². The summed E-state index contributed by atoms with van der Waals surface area (Å²) in [6.07, 6.45) is 8.50. The molecule has 2 heteroatoms. The SMILES string of the molecule is CCCCCc1ccc(C2=Cc3ccc(-c4ccc(F)cc4)c(F)c3CC2)cc1. The summed E-state index contributed by atoms with van der Waals surface area (Å²) in [7, 11) is 0. The molecule has 0 unspecified atom stereocenters. The smallest absolute Gasteiger partial charge is 0.134 e. The Bertz CT molecular complexity index is 1010. The molecule has 3 aromatic carbocycles. The standard InChI is InChI=1S/C27H26F2/c1-2-3-4-5-19-6-8-20(9-7-19)22-12-16-26-23(18-22)13-17-25(27(26)29)21-10-14-24(28)15-11-21/h6-11,13-15,17-18H,2-5,12,16H2,1H3. The molecule has 0 fully saturated rings. The van der Waals surface area contributed by atoms with E-state index in [0.717, 1.165) is 24.0 Å². The molecule has 0 aromatic heterocycles. The van der Waals surface area contributed by atoms with Gasteiger partial charge in [0.15, 0.2) is 0 Å². The van der Waals surface area contributed by atoms with Crippen molar-refractivity contribution in [3.63, 3.8) is 0 Å². The fourth-order valence-corrected chi connectivity index (χ4v) is 4.09. The molecule has 0 saturated carbocycles. The molecule has 148 valence electrons. The second-order valence-electron chi connectivity index (χ2n) is 7.83. The van der Waals surface area contributed by atoms with E-state index in [1.165, 1.54) is 48.1 Å². The van der Waals surface area contributed by atoms with Crippen LogP contribution in [0.4, 0.5) is 8.78 Å². The first-order valence-corrected chi connectivity index (χ1v) is 10.5. The molecule has 0 saturated heterocycles. The second-order valence-corrected chi connectivity index (χ2v) is 7.83. The molecule has 29 heavy (non-hydrogen) atoms. The van der Waals surface area contributed by atoms with Crippen molar-refractivity contribution < 1.29 is 8.78 Å². The zero-order chi connectivity index (χ0) is 20.2. The topological polar surface area (TPSA) is 0 Å². The highest BCUT2D eigenvalue weighted by Crippen LogP contribution is 2.35. The van der Waals surface area contributed by atoms with Crippen LogP contribution in [0.1, 0.15) is 54.9 Å². The second kappa shape index (κ2) is 8.73. The molecule has 3 aromatic rings. The van der Waals surface area contributed by atoms with Crippen molar-refractivity contribution in [2.24, 2.45) is 0 Å². The van der Waals surface area contributed by atoms with Gasteiger partial charge in [0, 0.05) is 5.56 Å². The lowest BCUT2D eigenvalue weighted by molar-refractivity contribution is 0.611. The first kappa shape index (κ1) is 19.6. The van der Waals surface area contributed by atoms with Gasteiger partial charge in [-0.05, 0) is 71.2 Å². The summed E-state index contributed by atoms with van der Waals surface area (Å²) in [6.45, 7) is 2.22. The molecule has 0 N–H and O–H groups in total. The number of benzene rings is 3. The van der Waals surface area contributed by atoms with Crippen LogP contribution in [0.15, 0.2) is 60.7 Å². The van der Waals surface area contributed by atoms with E-state index in [-0.39, 0.29) is 11.6 Å². The van der Waals surface area contributed by atoms with Crippen molar-refractivity contribution in [2.75, 3.05) is 0 Å². The fraction of sp³-hybridized carbons (Fsp3) is 0.259. The molecule has 0 radical (unpaired) electrons. The summed E-state index contributed by atoms with van der Waals surface area (Å²) in [5.74, 6) is -0.494. The summed E-state index contributed by atoms with van der Waals surface area (Å²) in [5.41, 5.74) is 6.81. The highest BCUT2D eigenvalue weighted by molar-refractivity contribution is 5.85. The molecule has 0 nitrogen and oxygen atoms in total. The summed E-state index contributed by atoms with van der Waals surface area (Å²) in [5, 5.41) is 0. The van der Waals surface area contributed by atoms with Gasteiger partial charge in [-0.1, -0.05) is 74.4 Å². The average molecular weight is 389 g/mol. The third kappa shape index (κ3) is 4.32. The van der Waals surface area contributed by atoms with Crippen LogP contribution < -0.4 is 0 Å². The lowest BCUT2D eigenvalue weighted by Gasteiger charge is -2.19. The largest absolute Gasteiger partial charge is 0.207 e. The number of rotatable bonds is 6. The Kier molecular flexibility index (Phi) is 5.89. The van der Waals surface area contributed by atoms with Crippen LogP contribution in [0.25, 0.3) is 22.8 Å². The van der Waals surface area contributed by atoms with E-state index in [0.29, 0.717) is 17.5 Å². The maximum absolute atomic E-state index is 15.1. The van der Waals surface area contributed by atoms with E-state index in [2.05, 4.69) is 37.3 Å². The highest BCUT2D eigenvalue weighted by Gasteiger charge is 2.18. The van der Waals surface area contributed by atoms with Crippen LogP contribution >= 0.6 is 0 Å². The van der Waals surface area contributed by atoms with E-state index >= 15 is 4.39 Å². The van der Waals surface area contributed by atoms with Gasteiger partial charge in [0.1, 0.15) is 11.6 Å². The molecule has 0 amide bonds. The van der Waals surface area contributed by atoms with E-state index in [9.17, 15) is 4.39 Å². The summed E-state index contributed by atoms with van der Waals surface area (Å²) < 4.78 is 28.3. The first-order valence-electron chi connectivity index (χ1n) is 10.5. The lowest BCUT2D eigenvalue weighted by atomic mass is 9.86. The number of allylic oxidation sites excluding steroid dienone is 1. The Labute approximate surface area is 171 Å². The molecule has 0 atom stereocenters. The predicted octanol–water partition coefficient (Wildman–Crippen LogP) is 7.85. The molecule has 0 bridgehead atoms. The molecule has 1 aliphatic rings. The number of unbranched alkanes of at least 4 members (excludes halogenated alkanes) is 2. The van der Waals surface area contributed by atoms with Gasteiger partial charge in [0.25, 0.3) is 0 Å². The average Bonchev–Trinajstić information content (AvgIpc) is 2.75. The number of fused-ring (bicyclic) bond motifs is 1. The quantitative estimate of drug-likeness (QED) is 0.377. The summed E-state index contributed by atoms with van der Waals surface area (Å²) in [4.78, 5) is 0. The predicted molar refractivity (Wildman–Crippen MR) is 118 cm³/mol. The zero-order valence-corrected chi connectivity index (χ0v) is 16.8. The van der Waals surface area contributed by atoms with E-state index in [4.69, 9.17) is 0 Å². The van der Waals surface area contributed by atoms with Crippen LogP contribution in [0.3, 0.4) is 0 Å². The van der Waals surface area contributed by atoms with Gasteiger partial charge in [0.2, 0.25) is 0 Å². The van der Waals surface area contributed by atoms with E-state index in [1.807, 2.05) is 6.07 Å². The summed E-state index contributed by atoms with van der Waals surface area (Å²) >= 11 is 0.